The Morgan fingerprint density at radius 2 is 2.10 bits per heavy atom. The van der Waals surface area contributed by atoms with E-state index in [1.54, 1.807) is 34.4 Å². The van der Waals surface area contributed by atoms with Gasteiger partial charge >= 0.3 is 0 Å². The highest BCUT2D eigenvalue weighted by Gasteiger charge is 2.33. The number of benzene rings is 1. The molecular weight excluding hydrogens is 427 g/mol. The highest BCUT2D eigenvalue weighted by Crippen LogP contribution is 2.31. The average molecular weight is 449 g/mol. The van der Waals surface area contributed by atoms with E-state index in [-0.39, 0.29) is 23.5 Å². The third-order valence-electron chi connectivity index (χ3n) is 4.56. The van der Waals surface area contributed by atoms with Crippen LogP contribution in [0.25, 0.3) is 0 Å². The Morgan fingerprint density at radius 1 is 1.24 bits per heavy atom. The van der Waals surface area contributed by atoms with E-state index >= 15 is 0 Å². The third-order valence-corrected chi connectivity index (χ3v) is 7.50. The summed E-state index contributed by atoms with van der Waals surface area (Å²) in [7, 11) is 0. The van der Waals surface area contributed by atoms with Crippen LogP contribution in [-0.2, 0) is 17.8 Å². The molecule has 1 amide bonds. The fourth-order valence-electron chi connectivity index (χ4n) is 2.91. The summed E-state index contributed by atoms with van der Waals surface area (Å²) in [6.45, 7) is 1.12. The minimum Gasteiger partial charge on any atom is -0.360 e. The van der Waals surface area contributed by atoms with Crippen molar-refractivity contribution in [3.8, 4) is 0 Å². The highest BCUT2D eigenvalue weighted by atomic mass is 32.2. The van der Waals surface area contributed by atoms with Crippen LogP contribution in [0.3, 0.4) is 0 Å². The van der Waals surface area contributed by atoms with Crippen molar-refractivity contribution in [2.24, 2.45) is 0 Å². The van der Waals surface area contributed by atoms with Crippen molar-refractivity contribution in [2.75, 3.05) is 17.6 Å². The van der Waals surface area contributed by atoms with Gasteiger partial charge in [0, 0.05) is 29.6 Å². The van der Waals surface area contributed by atoms with Gasteiger partial charge in [0.25, 0.3) is 0 Å². The number of hydrogen-bond acceptors (Lipinski definition) is 7. The van der Waals surface area contributed by atoms with Crippen LogP contribution in [0.2, 0.25) is 0 Å². The number of carbonyl (C=O) groups excluding carboxylic acids is 1. The first-order valence-electron chi connectivity index (χ1n) is 9.44. The maximum Gasteiger partial charge on any atom is 0.233 e. The summed E-state index contributed by atoms with van der Waals surface area (Å²) < 4.78 is 14.7. The topological polar surface area (TPSA) is 58.1 Å². The Labute approximate surface area is 181 Å². The van der Waals surface area contributed by atoms with Gasteiger partial charge in [0.1, 0.15) is 5.82 Å². The number of aromatic nitrogens is 2. The van der Waals surface area contributed by atoms with Crippen LogP contribution in [0.5, 0.6) is 0 Å². The van der Waals surface area contributed by atoms with E-state index in [0.29, 0.717) is 12.1 Å². The predicted octanol–water partition coefficient (Wildman–Crippen LogP) is 4.68. The molecule has 1 fully saturated rings. The summed E-state index contributed by atoms with van der Waals surface area (Å²) in [5, 5.41) is 14.4. The van der Waals surface area contributed by atoms with Gasteiger partial charge < -0.3 is 10.2 Å². The number of thiophene rings is 1. The first-order chi connectivity index (χ1) is 14.2. The van der Waals surface area contributed by atoms with Gasteiger partial charge in [0.05, 0.1) is 5.75 Å². The van der Waals surface area contributed by atoms with Crippen molar-refractivity contribution < 1.29 is 9.18 Å². The molecule has 4 rings (SSSR count). The number of rotatable bonds is 10. The van der Waals surface area contributed by atoms with E-state index in [1.807, 2.05) is 6.07 Å². The zero-order valence-corrected chi connectivity index (χ0v) is 18.2. The smallest absolute Gasteiger partial charge is 0.233 e. The van der Waals surface area contributed by atoms with E-state index in [1.165, 1.54) is 34.0 Å². The molecule has 2 heterocycles. The molecule has 1 saturated carbocycles. The molecule has 1 aliphatic carbocycles. The van der Waals surface area contributed by atoms with E-state index < -0.39 is 0 Å². The van der Waals surface area contributed by atoms with Crippen LogP contribution in [-0.4, -0.2) is 39.3 Å². The maximum atomic E-state index is 14.0. The molecule has 0 unspecified atom stereocenters. The number of halogens is 1. The Hall–Kier alpha value is -1.97. The first-order valence-corrected chi connectivity index (χ1v) is 12.1. The maximum absolute atomic E-state index is 14.0. The van der Waals surface area contributed by atoms with Crippen LogP contribution in [0, 0.1) is 5.82 Å². The van der Waals surface area contributed by atoms with Crippen molar-refractivity contribution in [1.82, 2.24) is 15.1 Å². The molecule has 2 aromatic heterocycles. The minimum absolute atomic E-state index is 0.0168. The largest absolute Gasteiger partial charge is 0.360 e. The molecule has 5 nitrogen and oxygen atoms in total. The van der Waals surface area contributed by atoms with Crippen molar-refractivity contribution >= 4 is 45.5 Å². The second kappa shape index (κ2) is 9.69. The van der Waals surface area contributed by atoms with Crippen LogP contribution < -0.4 is 5.32 Å². The fraction of sp³-hybridized carbons (Fsp3) is 0.350. The summed E-state index contributed by atoms with van der Waals surface area (Å²) in [4.78, 5) is 15.9. The van der Waals surface area contributed by atoms with Gasteiger partial charge in [-0.2, -0.15) is 0 Å². The van der Waals surface area contributed by atoms with Gasteiger partial charge in [-0.3, -0.25) is 4.79 Å². The summed E-state index contributed by atoms with van der Waals surface area (Å²) in [6, 6.07) is 11.0. The Balaban J connectivity index is 1.27. The average Bonchev–Trinajstić information content (AvgIpc) is 3.23. The molecule has 3 aromatic rings. The van der Waals surface area contributed by atoms with Crippen molar-refractivity contribution in [3.05, 3.63) is 58.0 Å². The molecule has 0 aliphatic heterocycles. The van der Waals surface area contributed by atoms with Gasteiger partial charge in [0.2, 0.25) is 11.0 Å². The number of anilines is 1. The minimum atomic E-state index is -0.263. The second-order valence-electron chi connectivity index (χ2n) is 6.76. The molecule has 0 saturated heterocycles. The molecule has 0 atom stereocenters. The third kappa shape index (κ3) is 5.77. The Kier molecular flexibility index (Phi) is 6.78. The zero-order chi connectivity index (χ0) is 20.1. The summed E-state index contributed by atoms with van der Waals surface area (Å²) in [6.07, 6.45) is 2.93. The van der Waals surface area contributed by atoms with Gasteiger partial charge in [-0.25, -0.2) is 4.39 Å². The van der Waals surface area contributed by atoms with E-state index in [9.17, 15) is 9.18 Å². The van der Waals surface area contributed by atoms with Crippen LogP contribution in [0.15, 0.2) is 46.1 Å². The van der Waals surface area contributed by atoms with Gasteiger partial charge in [-0.15, -0.1) is 21.5 Å². The lowest BCUT2D eigenvalue weighted by Crippen LogP contribution is -2.34. The summed E-state index contributed by atoms with van der Waals surface area (Å²) >= 11 is 4.59. The standard InChI is InChI=1S/C20H21FN4OS3/c21-17-6-2-1-4-14(17)12-25(15-7-8-15)18(26)13-28-20-24-23-19(29-20)22-10-9-16-5-3-11-27-16/h1-6,11,15H,7-10,12-13H2,(H,22,23). The number of thioether (sulfide) groups is 1. The monoisotopic (exact) mass is 448 g/mol. The first kappa shape index (κ1) is 20.3. The zero-order valence-electron chi connectivity index (χ0n) is 15.7. The number of nitrogens with one attached hydrogen (secondary N) is 1. The molecule has 0 bridgehead atoms. The van der Waals surface area contributed by atoms with E-state index in [0.717, 1.165) is 35.3 Å². The van der Waals surface area contributed by atoms with Gasteiger partial charge in [0.15, 0.2) is 4.34 Å². The second-order valence-corrected chi connectivity index (χ2v) is 9.99. The van der Waals surface area contributed by atoms with Crippen LogP contribution >= 0.6 is 34.4 Å². The summed E-state index contributed by atoms with van der Waals surface area (Å²) in [5.74, 6) is 0.0403. The molecule has 152 valence electrons. The van der Waals surface area contributed by atoms with Gasteiger partial charge in [-0.1, -0.05) is 47.4 Å². The fourth-order valence-corrected chi connectivity index (χ4v) is 5.28. The summed E-state index contributed by atoms with van der Waals surface area (Å²) in [5.41, 5.74) is 0.561. The lowest BCUT2D eigenvalue weighted by atomic mass is 10.2. The van der Waals surface area contributed by atoms with Crippen molar-refractivity contribution in [3.63, 3.8) is 0 Å². The molecule has 29 heavy (non-hydrogen) atoms. The van der Waals surface area contributed by atoms with Crippen LogP contribution in [0.4, 0.5) is 9.52 Å². The van der Waals surface area contributed by atoms with Gasteiger partial charge in [-0.05, 0) is 36.8 Å². The Morgan fingerprint density at radius 3 is 2.86 bits per heavy atom. The Bertz CT molecular complexity index is 943. The lowest BCUT2D eigenvalue weighted by Gasteiger charge is -2.22. The quantitative estimate of drug-likeness (QED) is 0.457. The normalized spacial score (nSPS) is 13.4. The van der Waals surface area contributed by atoms with Crippen molar-refractivity contribution in [2.45, 2.75) is 36.2 Å². The molecule has 1 aliphatic rings. The van der Waals surface area contributed by atoms with Crippen LogP contribution in [0.1, 0.15) is 23.3 Å². The van der Waals surface area contributed by atoms with E-state index in [2.05, 4.69) is 27.0 Å². The van der Waals surface area contributed by atoms with E-state index in [4.69, 9.17) is 0 Å². The predicted molar refractivity (Wildman–Crippen MR) is 117 cm³/mol. The van der Waals surface area contributed by atoms with Crippen molar-refractivity contribution in [1.29, 1.82) is 0 Å². The molecule has 1 aromatic carbocycles. The highest BCUT2D eigenvalue weighted by molar-refractivity contribution is 8.01. The molecular formula is C20H21FN4OS3. The number of carbonyl (C=O) groups is 1. The number of nitrogens with zero attached hydrogens (tertiary/aromatic N) is 3. The molecule has 0 radical (unpaired) electrons. The molecule has 0 spiro atoms. The lowest BCUT2D eigenvalue weighted by molar-refractivity contribution is -0.129. The molecule has 1 N–H and O–H groups in total. The number of amides is 1. The SMILES string of the molecule is O=C(CSc1nnc(NCCc2cccs2)s1)N(Cc1ccccc1F)C1CC1. The molecule has 9 heteroatoms. The number of hydrogen-bond donors (Lipinski definition) is 1.